The molecule has 1 N–H and O–H groups in total. The summed E-state index contributed by atoms with van der Waals surface area (Å²) in [6, 6.07) is 7.98. The third-order valence-electron chi connectivity index (χ3n) is 4.52. The fraction of sp³-hybridized carbons (Fsp3) is 0.611. The van der Waals surface area contributed by atoms with Gasteiger partial charge < -0.3 is 15.0 Å². The van der Waals surface area contributed by atoms with Crippen LogP contribution >= 0.6 is 12.4 Å². The molecule has 1 aliphatic heterocycles. The molecule has 1 saturated heterocycles. The predicted molar refractivity (Wildman–Crippen MR) is 96.5 cm³/mol. The molecule has 0 bridgehead atoms. The Labute approximate surface area is 146 Å². The van der Waals surface area contributed by atoms with Crippen LogP contribution in [0, 0.1) is 5.92 Å². The number of nitrogens with one attached hydrogen (secondary N) is 1. The first-order valence-corrected chi connectivity index (χ1v) is 8.21. The van der Waals surface area contributed by atoms with Gasteiger partial charge in [-0.05, 0) is 49.9 Å². The van der Waals surface area contributed by atoms with E-state index in [1.165, 1.54) is 6.42 Å². The Bertz CT molecular complexity index is 494. The van der Waals surface area contributed by atoms with Crippen LogP contribution < -0.4 is 10.1 Å². The number of benzene rings is 1. The van der Waals surface area contributed by atoms with E-state index < -0.39 is 0 Å². The lowest BCUT2D eigenvalue weighted by Gasteiger charge is -2.33. The maximum atomic E-state index is 12.6. The molecule has 0 radical (unpaired) electrons. The van der Waals surface area contributed by atoms with Crippen molar-refractivity contribution < 1.29 is 9.53 Å². The van der Waals surface area contributed by atoms with Gasteiger partial charge in [0.25, 0.3) is 0 Å². The largest absolute Gasteiger partial charge is 0.496 e. The van der Waals surface area contributed by atoms with Gasteiger partial charge in [-0.1, -0.05) is 25.1 Å². The number of likely N-dealkylation sites (tertiary alicyclic amines) is 1. The van der Waals surface area contributed by atoms with E-state index >= 15 is 0 Å². The molecule has 1 fully saturated rings. The van der Waals surface area contributed by atoms with Crippen molar-refractivity contribution in [1.82, 2.24) is 10.2 Å². The Morgan fingerprint density at radius 1 is 1.43 bits per heavy atom. The Kier molecular flexibility index (Phi) is 8.42. The summed E-state index contributed by atoms with van der Waals surface area (Å²) >= 11 is 0. The smallest absolute Gasteiger partial charge is 0.223 e. The SMILES string of the molecule is CNCC1CCCN(C(=O)CC(C)c2ccccc2OC)C1.Cl. The highest BCUT2D eigenvalue weighted by Gasteiger charge is 2.25. The molecule has 0 spiro atoms. The van der Waals surface area contributed by atoms with Crippen molar-refractivity contribution in [3.8, 4) is 5.75 Å². The van der Waals surface area contributed by atoms with E-state index in [9.17, 15) is 4.79 Å². The molecule has 23 heavy (non-hydrogen) atoms. The van der Waals surface area contributed by atoms with Gasteiger partial charge in [0, 0.05) is 19.5 Å². The van der Waals surface area contributed by atoms with Gasteiger partial charge in [0.2, 0.25) is 5.91 Å². The molecule has 5 heteroatoms. The van der Waals surface area contributed by atoms with Crippen molar-refractivity contribution in [3.05, 3.63) is 29.8 Å². The van der Waals surface area contributed by atoms with Crippen molar-refractivity contribution in [2.24, 2.45) is 5.92 Å². The van der Waals surface area contributed by atoms with E-state index in [2.05, 4.69) is 18.3 Å². The topological polar surface area (TPSA) is 41.6 Å². The minimum absolute atomic E-state index is 0. The minimum Gasteiger partial charge on any atom is -0.496 e. The predicted octanol–water partition coefficient (Wildman–Crippen LogP) is 3.07. The summed E-state index contributed by atoms with van der Waals surface area (Å²) in [5.41, 5.74) is 1.11. The highest BCUT2D eigenvalue weighted by molar-refractivity contribution is 5.85. The molecule has 130 valence electrons. The number of para-hydroxylation sites is 1. The molecule has 0 aromatic heterocycles. The monoisotopic (exact) mass is 340 g/mol. The first-order valence-electron chi connectivity index (χ1n) is 8.21. The van der Waals surface area contributed by atoms with E-state index in [1.807, 2.05) is 30.1 Å². The van der Waals surface area contributed by atoms with Crippen LogP contribution in [-0.2, 0) is 4.79 Å². The Morgan fingerprint density at radius 3 is 2.87 bits per heavy atom. The summed E-state index contributed by atoms with van der Waals surface area (Å²) in [4.78, 5) is 14.6. The molecule has 2 rings (SSSR count). The number of carbonyl (C=O) groups is 1. The number of piperidine rings is 1. The molecule has 1 heterocycles. The van der Waals surface area contributed by atoms with Gasteiger partial charge in [0.15, 0.2) is 0 Å². The van der Waals surface area contributed by atoms with Crippen molar-refractivity contribution in [2.75, 3.05) is 33.8 Å². The number of hydrogen-bond acceptors (Lipinski definition) is 3. The summed E-state index contributed by atoms with van der Waals surface area (Å²) < 4.78 is 5.41. The molecule has 1 aliphatic rings. The molecule has 1 aromatic rings. The third-order valence-corrected chi connectivity index (χ3v) is 4.52. The molecule has 4 nitrogen and oxygen atoms in total. The Hall–Kier alpha value is -1.26. The summed E-state index contributed by atoms with van der Waals surface area (Å²) in [7, 11) is 3.66. The maximum Gasteiger partial charge on any atom is 0.223 e. The second-order valence-electron chi connectivity index (χ2n) is 6.25. The average molecular weight is 341 g/mol. The van der Waals surface area contributed by atoms with Crippen LogP contribution in [0.15, 0.2) is 24.3 Å². The second-order valence-corrected chi connectivity index (χ2v) is 6.25. The number of hydrogen-bond donors (Lipinski definition) is 1. The van der Waals surface area contributed by atoms with Crippen molar-refractivity contribution >= 4 is 18.3 Å². The number of methoxy groups -OCH3 is 1. The van der Waals surface area contributed by atoms with Gasteiger partial charge in [0.1, 0.15) is 5.75 Å². The summed E-state index contributed by atoms with van der Waals surface area (Å²) in [5.74, 6) is 1.89. The van der Waals surface area contributed by atoms with Crippen molar-refractivity contribution in [1.29, 1.82) is 0 Å². The van der Waals surface area contributed by atoms with Gasteiger partial charge in [-0.3, -0.25) is 4.79 Å². The van der Waals surface area contributed by atoms with Crippen LogP contribution in [-0.4, -0.2) is 44.6 Å². The lowest BCUT2D eigenvalue weighted by Crippen LogP contribution is -2.42. The number of ether oxygens (including phenoxy) is 1. The van der Waals surface area contributed by atoms with E-state index in [0.29, 0.717) is 12.3 Å². The zero-order valence-electron chi connectivity index (χ0n) is 14.4. The number of carbonyl (C=O) groups excluding carboxylic acids is 1. The summed E-state index contributed by atoms with van der Waals surface area (Å²) in [6.45, 7) is 4.88. The van der Waals surface area contributed by atoms with E-state index in [1.54, 1.807) is 7.11 Å². The van der Waals surface area contributed by atoms with Gasteiger partial charge in [0.05, 0.1) is 7.11 Å². The van der Waals surface area contributed by atoms with Crippen LogP contribution in [0.5, 0.6) is 5.75 Å². The zero-order valence-corrected chi connectivity index (χ0v) is 15.2. The standard InChI is InChI=1S/C18H28N2O2.ClH/c1-14(16-8-4-5-9-17(16)22-3)11-18(21)20-10-6-7-15(13-20)12-19-2;/h4-5,8-9,14-15,19H,6-7,10-13H2,1-3H3;1H. The van der Waals surface area contributed by atoms with Gasteiger partial charge in [-0.15, -0.1) is 12.4 Å². The van der Waals surface area contributed by atoms with Crippen LogP contribution in [0.25, 0.3) is 0 Å². The first kappa shape index (κ1) is 19.8. The molecular formula is C18H29ClN2O2. The lowest BCUT2D eigenvalue weighted by molar-refractivity contribution is -0.133. The highest BCUT2D eigenvalue weighted by Crippen LogP contribution is 2.29. The summed E-state index contributed by atoms with van der Waals surface area (Å²) in [6.07, 6.45) is 2.88. The quantitative estimate of drug-likeness (QED) is 0.865. The van der Waals surface area contributed by atoms with Gasteiger partial charge in [-0.2, -0.15) is 0 Å². The van der Waals surface area contributed by atoms with E-state index in [4.69, 9.17) is 4.74 Å². The van der Waals surface area contributed by atoms with E-state index in [-0.39, 0.29) is 24.2 Å². The normalized spacial score (nSPS) is 18.9. The zero-order chi connectivity index (χ0) is 15.9. The second kappa shape index (κ2) is 9.78. The molecule has 0 saturated carbocycles. The first-order chi connectivity index (χ1) is 10.7. The van der Waals surface area contributed by atoms with Crippen molar-refractivity contribution in [2.45, 2.75) is 32.1 Å². The molecule has 2 atom stereocenters. The summed E-state index contributed by atoms with van der Waals surface area (Å²) in [5, 5.41) is 3.22. The molecule has 0 aliphatic carbocycles. The molecule has 1 aromatic carbocycles. The third kappa shape index (κ3) is 5.40. The highest BCUT2D eigenvalue weighted by atomic mass is 35.5. The minimum atomic E-state index is 0. The van der Waals surface area contributed by atoms with E-state index in [0.717, 1.165) is 37.4 Å². The van der Waals surface area contributed by atoms with Crippen LogP contribution in [0.3, 0.4) is 0 Å². The lowest BCUT2D eigenvalue weighted by atomic mass is 9.94. The van der Waals surface area contributed by atoms with Crippen LogP contribution in [0.2, 0.25) is 0 Å². The molecule has 2 unspecified atom stereocenters. The number of nitrogens with zero attached hydrogens (tertiary/aromatic N) is 1. The van der Waals surface area contributed by atoms with Crippen molar-refractivity contribution in [3.63, 3.8) is 0 Å². The average Bonchev–Trinajstić information content (AvgIpc) is 2.55. The fourth-order valence-corrected chi connectivity index (χ4v) is 3.32. The fourth-order valence-electron chi connectivity index (χ4n) is 3.32. The Balaban J connectivity index is 0.00000264. The van der Waals surface area contributed by atoms with Gasteiger partial charge >= 0.3 is 0 Å². The molecular weight excluding hydrogens is 312 g/mol. The number of amides is 1. The van der Waals surface area contributed by atoms with Crippen LogP contribution in [0.1, 0.15) is 37.7 Å². The number of halogens is 1. The maximum absolute atomic E-state index is 12.6. The number of rotatable bonds is 6. The molecule has 1 amide bonds. The van der Waals surface area contributed by atoms with Crippen LogP contribution in [0.4, 0.5) is 0 Å². The van der Waals surface area contributed by atoms with Gasteiger partial charge in [-0.25, -0.2) is 0 Å². The Morgan fingerprint density at radius 2 is 2.17 bits per heavy atom.